The molecule has 0 unspecified atom stereocenters. The third-order valence-electron chi connectivity index (χ3n) is 3.46. The Kier molecular flexibility index (Phi) is 7.49. The quantitative estimate of drug-likeness (QED) is 0.550. The minimum atomic E-state index is -0.326. The maximum absolute atomic E-state index is 12.2. The zero-order chi connectivity index (χ0) is 18.8. The molecule has 0 bridgehead atoms. The molecule has 1 N–H and O–H groups in total. The first-order chi connectivity index (χ1) is 12.7. The lowest BCUT2D eigenvalue weighted by Crippen LogP contribution is -2.17. The van der Waals surface area contributed by atoms with Gasteiger partial charge in [0.05, 0.1) is 26.5 Å². The number of nitrogens with zero attached hydrogens (tertiary/aromatic N) is 1. The Morgan fingerprint density at radius 3 is 2.50 bits per heavy atom. The van der Waals surface area contributed by atoms with Gasteiger partial charge in [-0.25, -0.2) is 5.43 Å². The molecule has 0 spiro atoms. The summed E-state index contributed by atoms with van der Waals surface area (Å²) in [6.07, 6.45) is 2.54. The molecule has 0 aliphatic rings. The van der Waals surface area contributed by atoms with Gasteiger partial charge in [-0.15, -0.1) is 0 Å². The standard InChI is InChI=1S/C20H24N2O4/c1-4-12-26-17-9-6-15(7-10-17)14-21-22-20(23)16-8-11-18(24-3)19(13-16)25-5-2/h6-11,13-14H,4-5,12H2,1-3H3,(H,22,23)/b21-14+. The summed E-state index contributed by atoms with van der Waals surface area (Å²) >= 11 is 0. The van der Waals surface area contributed by atoms with Gasteiger partial charge in [0, 0.05) is 5.56 Å². The second-order valence-electron chi connectivity index (χ2n) is 5.42. The predicted molar refractivity (Wildman–Crippen MR) is 101 cm³/mol. The second kappa shape index (κ2) is 10.1. The Morgan fingerprint density at radius 2 is 1.85 bits per heavy atom. The minimum absolute atomic E-state index is 0.326. The molecule has 2 rings (SSSR count). The first kappa shape index (κ1) is 19.3. The third kappa shape index (κ3) is 5.51. The van der Waals surface area contributed by atoms with Crippen molar-refractivity contribution < 1.29 is 19.0 Å². The first-order valence-electron chi connectivity index (χ1n) is 8.55. The van der Waals surface area contributed by atoms with Gasteiger partial charge < -0.3 is 14.2 Å². The fourth-order valence-electron chi connectivity index (χ4n) is 2.19. The van der Waals surface area contributed by atoms with Crippen LogP contribution in [0.1, 0.15) is 36.2 Å². The average molecular weight is 356 g/mol. The Morgan fingerprint density at radius 1 is 1.08 bits per heavy atom. The van der Waals surface area contributed by atoms with E-state index in [1.165, 1.54) is 0 Å². The predicted octanol–water partition coefficient (Wildman–Crippen LogP) is 3.65. The van der Waals surface area contributed by atoms with E-state index in [-0.39, 0.29) is 5.91 Å². The van der Waals surface area contributed by atoms with E-state index < -0.39 is 0 Å². The Balaban J connectivity index is 1.97. The van der Waals surface area contributed by atoms with Crippen LogP contribution in [-0.4, -0.2) is 32.4 Å². The molecule has 6 nitrogen and oxygen atoms in total. The Bertz CT molecular complexity index is 742. The summed E-state index contributed by atoms with van der Waals surface area (Å²) in [5.41, 5.74) is 3.81. The molecule has 0 radical (unpaired) electrons. The highest BCUT2D eigenvalue weighted by Gasteiger charge is 2.10. The van der Waals surface area contributed by atoms with E-state index in [0.29, 0.717) is 30.3 Å². The summed E-state index contributed by atoms with van der Waals surface area (Å²) in [6, 6.07) is 12.5. The van der Waals surface area contributed by atoms with E-state index in [9.17, 15) is 4.79 Å². The molecule has 26 heavy (non-hydrogen) atoms. The number of methoxy groups -OCH3 is 1. The second-order valence-corrected chi connectivity index (χ2v) is 5.42. The van der Waals surface area contributed by atoms with Gasteiger partial charge >= 0.3 is 0 Å². The van der Waals surface area contributed by atoms with E-state index in [4.69, 9.17) is 14.2 Å². The topological polar surface area (TPSA) is 69.2 Å². The number of ether oxygens (including phenoxy) is 3. The normalized spacial score (nSPS) is 10.6. The van der Waals surface area contributed by atoms with Crippen LogP contribution >= 0.6 is 0 Å². The number of hydrazone groups is 1. The molecule has 1 amide bonds. The largest absolute Gasteiger partial charge is 0.494 e. The fraction of sp³-hybridized carbons (Fsp3) is 0.300. The van der Waals surface area contributed by atoms with Crippen molar-refractivity contribution in [2.45, 2.75) is 20.3 Å². The highest BCUT2D eigenvalue weighted by Crippen LogP contribution is 2.27. The smallest absolute Gasteiger partial charge is 0.271 e. The molecular formula is C20H24N2O4. The van der Waals surface area contributed by atoms with Crippen molar-refractivity contribution in [3.8, 4) is 17.2 Å². The van der Waals surface area contributed by atoms with Gasteiger partial charge in [0.2, 0.25) is 0 Å². The zero-order valence-corrected chi connectivity index (χ0v) is 15.3. The van der Waals surface area contributed by atoms with Crippen LogP contribution in [0, 0.1) is 0 Å². The van der Waals surface area contributed by atoms with Gasteiger partial charge in [0.15, 0.2) is 11.5 Å². The maximum atomic E-state index is 12.2. The number of benzene rings is 2. The molecule has 0 saturated carbocycles. The molecule has 0 fully saturated rings. The molecule has 2 aromatic rings. The summed E-state index contributed by atoms with van der Waals surface area (Å²) in [6.45, 7) is 5.10. The van der Waals surface area contributed by atoms with Crippen molar-refractivity contribution in [2.75, 3.05) is 20.3 Å². The summed E-state index contributed by atoms with van der Waals surface area (Å²) in [5.74, 6) is 1.59. The molecule has 0 atom stereocenters. The molecular weight excluding hydrogens is 332 g/mol. The van der Waals surface area contributed by atoms with Crippen LogP contribution in [0.3, 0.4) is 0 Å². The molecule has 138 valence electrons. The summed E-state index contributed by atoms with van der Waals surface area (Å²) in [5, 5.41) is 3.99. The van der Waals surface area contributed by atoms with E-state index in [2.05, 4.69) is 17.5 Å². The number of carbonyl (C=O) groups is 1. The number of amides is 1. The van der Waals surface area contributed by atoms with Gasteiger partial charge in [-0.3, -0.25) is 4.79 Å². The number of carbonyl (C=O) groups excluding carboxylic acids is 1. The van der Waals surface area contributed by atoms with Crippen LogP contribution in [0.15, 0.2) is 47.6 Å². The van der Waals surface area contributed by atoms with Crippen molar-refractivity contribution >= 4 is 12.1 Å². The van der Waals surface area contributed by atoms with Crippen molar-refractivity contribution in [1.29, 1.82) is 0 Å². The van der Waals surface area contributed by atoms with Gasteiger partial charge in [0.25, 0.3) is 5.91 Å². The zero-order valence-electron chi connectivity index (χ0n) is 15.3. The van der Waals surface area contributed by atoms with E-state index in [0.717, 1.165) is 17.7 Å². The van der Waals surface area contributed by atoms with Crippen LogP contribution in [0.2, 0.25) is 0 Å². The van der Waals surface area contributed by atoms with Gasteiger partial charge in [-0.05, 0) is 61.4 Å². The summed E-state index contributed by atoms with van der Waals surface area (Å²) in [7, 11) is 1.56. The van der Waals surface area contributed by atoms with Crippen LogP contribution in [0.5, 0.6) is 17.2 Å². The molecule has 6 heteroatoms. The average Bonchev–Trinajstić information content (AvgIpc) is 2.67. The Labute approximate surface area is 153 Å². The molecule has 0 aromatic heterocycles. The summed E-state index contributed by atoms with van der Waals surface area (Å²) < 4.78 is 16.2. The lowest BCUT2D eigenvalue weighted by atomic mass is 10.2. The van der Waals surface area contributed by atoms with Crippen molar-refractivity contribution in [1.82, 2.24) is 5.43 Å². The van der Waals surface area contributed by atoms with Crippen LogP contribution in [-0.2, 0) is 0 Å². The maximum Gasteiger partial charge on any atom is 0.271 e. The number of rotatable bonds is 9. The van der Waals surface area contributed by atoms with Crippen molar-refractivity contribution in [3.63, 3.8) is 0 Å². The first-order valence-corrected chi connectivity index (χ1v) is 8.55. The Hall–Kier alpha value is -3.02. The van der Waals surface area contributed by atoms with E-state index in [1.807, 2.05) is 31.2 Å². The van der Waals surface area contributed by atoms with Crippen LogP contribution in [0.4, 0.5) is 0 Å². The number of hydrogen-bond donors (Lipinski definition) is 1. The monoisotopic (exact) mass is 356 g/mol. The number of nitrogens with one attached hydrogen (secondary N) is 1. The van der Waals surface area contributed by atoms with Gasteiger partial charge in [-0.1, -0.05) is 6.92 Å². The molecule has 0 heterocycles. The lowest BCUT2D eigenvalue weighted by Gasteiger charge is -2.10. The van der Waals surface area contributed by atoms with Crippen molar-refractivity contribution in [2.24, 2.45) is 5.10 Å². The van der Waals surface area contributed by atoms with E-state index in [1.54, 1.807) is 31.5 Å². The lowest BCUT2D eigenvalue weighted by molar-refractivity contribution is 0.0954. The van der Waals surface area contributed by atoms with Gasteiger partial charge in [-0.2, -0.15) is 5.10 Å². The highest BCUT2D eigenvalue weighted by atomic mass is 16.5. The van der Waals surface area contributed by atoms with Crippen LogP contribution in [0.25, 0.3) is 0 Å². The molecule has 0 aliphatic carbocycles. The number of hydrogen-bond acceptors (Lipinski definition) is 5. The minimum Gasteiger partial charge on any atom is -0.494 e. The van der Waals surface area contributed by atoms with Crippen molar-refractivity contribution in [3.05, 3.63) is 53.6 Å². The van der Waals surface area contributed by atoms with E-state index >= 15 is 0 Å². The fourth-order valence-corrected chi connectivity index (χ4v) is 2.19. The highest BCUT2D eigenvalue weighted by molar-refractivity contribution is 5.95. The van der Waals surface area contributed by atoms with Gasteiger partial charge in [0.1, 0.15) is 5.75 Å². The molecule has 0 saturated heterocycles. The summed E-state index contributed by atoms with van der Waals surface area (Å²) in [4.78, 5) is 12.2. The third-order valence-corrected chi connectivity index (χ3v) is 3.46. The molecule has 2 aromatic carbocycles. The van der Waals surface area contributed by atoms with Crippen LogP contribution < -0.4 is 19.6 Å². The molecule has 0 aliphatic heterocycles. The SMILES string of the molecule is CCCOc1ccc(/C=N/NC(=O)c2ccc(OC)c(OCC)c2)cc1.